The van der Waals surface area contributed by atoms with Gasteiger partial charge in [0.15, 0.2) is 0 Å². The first-order valence-electron chi connectivity index (χ1n) is 6.23. The van der Waals surface area contributed by atoms with E-state index in [0.29, 0.717) is 0 Å². The summed E-state index contributed by atoms with van der Waals surface area (Å²) in [4.78, 5) is 0. The highest BCUT2D eigenvalue weighted by Gasteiger charge is 2.28. The van der Waals surface area contributed by atoms with E-state index >= 15 is 0 Å². The Morgan fingerprint density at radius 2 is 1.12 bits per heavy atom. The molecule has 0 heterocycles. The highest BCUT2D eigenvalue weighted by Crippen LogP contribution is 2.21. The van der Waals surface area contributed by atoms with Crippen LogP contribution in [0, 0.1) is 0 Å². The van der Waals surface area contributed by atoms with Crippen LogP contribution < -0.4 is 0 Å². The zero-order valence-electron chi connectivity index (χ0n) is 12.9. The van der Waals surface area contributed by atoms with Crippen LogP contribution in [0.5, 0.6) is 0 Å². The quantitative estimate of drug-likeness (QED) is 0.670. The molecule has 0 N–H and O–H groups in total. The standard InChI is InChI=1S/C8H21NSi.C3H10O3Si/c1-6-10(7-2,8-3)9(4)5;1-4-7(5-2)6-3/h6-8H2,1-5H3;7H,1-3H3. The first-order valence-corrected chi connectivity index (χ1v) is 10.2. The average Bonchev–Trinajstić information content (AvgIpc) is 2.35. The molecular formula is C11H31NO3Si2. The van der Waals surface area contributed by atoms with Crippen LogP contribution in [-0.4, -0.2) is 57.8 Å². The zero-order chi connectivity index (χ0) is 13.9. The molecule has 0 spiro atoms. The van der Waals surface area contributed by atoms with Gasteiger partial charge in [-0.3, -0.25) is 0 Å². The van der Waals surface area contributed by atoms with Gasteiger partial charge in [0, 0.05) is 21.3 Å². The summed E-state index contributed by atoms with van der Waals surface area (Å²) >= 11 is 0. The Labute approximate surface area is 110 Å². The van der Waals surface area contributed by atoms with Gasteiger partial charge in [0.2, 0.25) is 0 Å². The van der Waals surface area contributed by atoms with Crippen LogP contribution in [0.15, 0.2) is 0 Å². The molecule has 0 unspecified atom stereocenters. The Bertz CT molecular complexity index is 149. The van der Waals surface area contributed by atoms with Crippen molar-refractivity contribution in [1.29, 1.82) is 0 Å². The van der Waals surface area contributed by atoms with Gasteiger partial charge >= 0.3 is 9.53 Å². The molecule has 0 amide bonds. The number of rotatable bonds is 7. The van der Waals surface area contributed by atoms with Gasteiger partial charge in [-0.25, -0.2) is 0 Å². The van der Waals surface area contributed by atoms with Crippen molar-refractivity contribution in [3.8, 4) is 0 Å². The molecule has 0 radical (unpaired) electrons. The Hall–Kier alpha value is 0.274. The smallest absolute Gasteiger partial charge is 0.379 e. The molecule has 17 heavy (non-hydrogen) atoms. The second-order valence-electron chi connectivity index (χ2n) is 4.18. The van der Waals surface area contributed by atoms with Crippen LogP contribution in [-0.2, 0) is 13.3 Å². The minimum Gasteiger partial charge on any atom is -0.379 e. The zero-order valence-corrected chi connectivity index (χ0v) is 15.0. The lowest BCUT2D eigenvalue weighted by Crippen LogP contribution is -2.47. The summed E-state index contributed by atoms with van der Waals surface area (Å²) < 4.78 is 16.7. The maximum absolute atomic E-state index is 4.74. The van der Waals surface area contributed by atoms with Crippen molar-refractivity contribution >= 4 is 17.8 Å². The first kappa shape index (κ1) is 19.6. The molecule has 0 aliphatic heterocycles. The number of nitrogens with zero attached hydrogens (tertiary/aromatic N) is 1. The molecular weight excluding hydrogens is 250 g/mol. The SMILES string of the molecule is CC[Si](CC)(CC)N(C)C.CO[SiH](OC)OC. The molecule has 0 aromatic heterocycles. The van der Waals surface area contributed by atoms with E-state index < -0.39 is 17.8 Å². The molecule has 0 rings (SSSR count). The molecule has 6 heteroatoms. The van der Waals surface area contributed by atoms with E-state index in [1.54, 1.807) is 21.3 Å². The summed E-state index contributed by atoms with van der Waals surface area (Å²) in [5.74, 6) is 0. The predicted octanol–water partition coefficient (Wildman–Crippen LogP) is 2.20. The maximum atomic E-state index is 4.74. The summed E-state index contributed by atoms with van der Waals surface area (Å²) in [5.41, 5.74) is 0. The maximum Gasteiger partial charge on any atom is 0.483 e. The summed E-state index contributed by atoms with van der Waals surface area (Å²) in [5, 5.41) is 0. The highest BCUT2D eigenvalue weighted by molar-refractivity contribution is 6.76. The fourth-order valence-electron chi connectivity index (χ4n) is 1.99. The van der Waals surface area contributed by atoms with Crippen LogP contribution >= 0.6 is 0 Å². The van der Waals surface area contributed by atoms with Gasteiger partial charge in [0.1, 0.15) is 8.24 Å². The Balaban J connectivity index is 0. The fourth-order valence-corrected chi connectivity index (χ4v) is 5.96. The molecule has 0 bridgehead atoms. The fraction of sp³-hybridized carbons (Fsp3) is 1.00. The van der Waals surface area contributed by atoms with Crippen molar-refractivity contribution in [2.45, 2.75) is 38.9 Å². The van der Waals surface area contributed by atoms with Crippen molar-refractivity contribution in [2.24, 2.45) is 0 Å². The summed E-state index contributed by atoms with van der Waals surface area (Å²) in [6, 6.07) is 4.19. The lowest BCUT2D eigenvalue weighted by molar-refractivity contribution is 0.163. The first-order chi connectivity index (χ1) is 7.97. The van der Waals surface area contributed by atoms with Crippen molar-refractivity contribution < 1.29 is 13.3 Å². The van der Waals surface area contributed by atoms with Gasteiger partial charge in [-0.1, -0.05) is 20.8 Å². The third-order valence-corrected chi connectivity index (χ3v) is 10.5. The van der Waals surface area contributed by atoms with E-state index in [-0.39, 0.29) is 0 Å². The lowest BCUT2D eigenvalue weighted by atomic mass is 10.9. The average molecular weight is 282 g/mol. The van der Waals surface area contributed by atoms with Crippen molar-refractivity contribution in [3.63, 3.8) is 0 Å². The van der Waals surface area contributed by atoms with Gasteiger partial charge in [-0.15, -0.1) is 0 Å². The van der Waals surface area contributed by atoms with Crippen LogP contribution in [0.2, 0.25) is 18.1 Å². The summed E-state index contributed by atoms with van der Waals surface area (Å²) in [7, 11) is 6.56. The van der Waals surface area contributed by atoms with Crippen LogP contribution in [0.1, 0.15) is 20.8 Å². The van der Waals surface area contributed by atoms with Crippen LogP contribution in [0.3, 0.4) is 0 Å². The monoisotopic (exact) mass is 281 g/mol. The predicted molar refractivity (Wildman–Crippen MR) is 79.1 cm³/mol. The van der Waals surface area contributed by atoms with Crippen molar-refractivity contribution in [1.82, 2.24) is 4.57 Å². The van der Waals surface area contributed by atoms with Gasteiger partial charge in [0.05, 0.1) is 0 Å². The molecule has 0 aromatic rings. The van der Waals surface area contributed by atoms with Crippen molar-refractivity contribution in [2.75, 3.05) is 35.4 Å². The highest BCUT2D eigenvalue weighted by atomic mass is 28.3. The van der Waals surface area contributed by atoms with Gasteiger partial charge in [-0.2, -0.15) is 0 Å². The normalized spacial score (nSPS) is 11.6. The van der Waals surface area contributed by atoms with Gasteiger partial charge in [-0.05, 0) is 32.2 Å². The molecule has 0 atom stereocenters. The molecule has 0 saturated heterocycles. The Morgan fingerprint density at radius 3 is 1.12 bits per heavy atom. The van der Waals surface area contributed by atoms with Gasteiger partial charge in [0.25, 0.3) is 0 Å². The van der Waals surface area contributed by atoms with Crippen LogP contribution in [0.25, 0.3) is 0 Å². The second kappa shape index (κ2) is 11.4. The van der Waals surface area contributed by atoms with E-state index in [1.807, 2.05) is 0 Å². The molecule has 106 valence electrons. The number of hydrogen-bond acceptors (Lipinski definition) is 4. The topological polar surface area (TPSA) is 30.9 Å². The van der Waals surface area contributed by atoms with Gasteiger partial charge < -0.3 is 17.8 Å². The lowest BCUT2D eigenvalue weighted by Gasteiger charge is -2.35. The van der Waals surface area contributed by atoms with Crippen LogP contribution in [0.4, 0.5) is 0 Å². The van der Waals surface area contributed by atoms with E-state index in [4.69, 9.17) is 13.3 Å². The second-order valence-corrected chi connectivity index (χ2v) is 11.6. The Kier molecular flexibility index (Phi) is 13.1. The van der Waals surface area contributed by atoms with E-state index in [0.717, 1.165) is 0 Å². The molecule has 0 fully saturated rings. The van der Waals surface area contributed by atoms with E-state index in [1.165, 1.54) is 18.1 Å². The largest absolute Gasteiger partial charge is 0.483 e. The minimum atomic E-state index is -1.67. The Morgan fingerprint density at radius 1 is 0.824 bits per heavy atom. The van der Waals surface area contributed by atoms with Crippen molar-refractivity contribution in [3.05, 3.63) is 0 Å². The third kappa shape index (κ3) is 7.33. The van der Waals surface area contributed by atoms with E-state index in [9.17, 15) is 0 Å². The molecule has 0 aromatic carbocycles. The molecule has 4 nitrogen and oxygen atoms in total. The third-order valence-electron chi connectivity index (χ3n) is 3.50. The molecule has 0 aliphatic rings. The molecule has 0 aliphatic carbocycles. The molecule has 0 saturated carbocycles. The summed E-state index contributed by atoms with van der Waals surface area (Å²) in [6.45, 7) is 7.00. The summed E-state index contributed by atoms with van der Waals surface area (Å²) in [6.07, 6.45) is 0. The number of hydrogen-bond donors (Lipinski definition) is 0. The van der Waals surface area contributed by atoms with E-state index in [2.05, 4.69) is 39.4 Å². The minimum absolute atomic E-state index is 0.961.